The summed E-state index contributed by atoms with van der Waals surface area (Å²) in [5, 5.41) is 12.8. The van der Waals surface area contributed by atoms with Gasteiger partial charge in [-0.25, -0.2) is 0 Å². The van der Waals surface area contributed by atoms with Gasteiger partial charge in [0.15, 0.2) is 5.16 Å². The summed E-state index contributed by atoms with van der Waals surface area (Å²) in [6.45, 7) is 7.68. The van der Waals surface area contributed by atoms with E-state index >= 15 is 0 Å². The maximum Gasteiger partial charge on any atom is 0.322 e. The third-order valence-electron chi connectivity index (χ3n) is 2.37. The molecule has 1 aromatic heterocycles. The van der Waals surface area contributed by atoms with Crippen molar-refractivity contribution in [3.8, 4) is 6.01 Å². The topological polar surface area (TPSA) is 80.2 Å². The normalized spacial score (nSPS) is 12.2. The number of nitrogens with one attached hydrogen (secondary N) is 1. The number of hydrogen-bond acceptors (Lipinski definition) is 7. The van der Waals surface area contributed by atoms with E-state index in [-0.39, 0.29) is 12.5 Å². The molecule has 0 bridgehead atoms. The lowest BCUT2D eigenvalue weighted by Gasteiger charge is -2.10. The van der Waals surface area contributed by atoms with Gasteiger partial charge in [-0.15, -0.1) is 0 Å². The van der Waals surface area contributed by atoms with Crippen molar-refractivity contribution in [3.63, 3.8) is 0 Å². The average molecular weight is 300 g/mol. The van der Waals surface area contributed by atoms with Crippen LogP contribution in [0.4, 0.5) is 5.95 Å². The lowest BCUT2D eigenvalue weighted by Crippen LogP contribution is -2.10. The standard InChI is InChI=1S/C13H24N4O2S/c1-4-6-14-11-15-12(19-7-5-2)17-13(16-11)20-9-10(3)8-18/h10,18H,4-9H2,1-3H3,(H,14,15,16,17). The maximum atomic E-state index is 9.05. The Hall–Kier alpha value is -1.08. The molecule has 7 heteroatoms. The first-order chi connectivity index (χ1) is 9.69. The van der Waals surface area contributed by atoms with E-state index in [1.807, 2.05) is 13.8 Å². The van der Waals surface area contributed by atoms with Crippen LogP contribution < -0.4 is 10.1 Å². The van der Waals surface area contributed by atoms with Gasteiger partial charge < -0.3 is 15.2 Å². The number of hydrogen-bond donors (Lipinski definition) is 2. The van der Waals surface area contributed by atoms with Gasteiger partial charge in [0, 0.05) is 18.9 Å². The molecule has 6 nitrogen and oxygen atoms in total. The van der Waals surface area contributed by atoms with E-state index in [0.717, 1.165) is 25.1 Å². The molecule has 0 radical (unpaired) electrons. The zero-order chi connectivity index (χ0) is 14.8. The molecule has 0 spiro atoms. The molecule has 0 aliphatic heterocycles. The SMILES string of the molecule is CCCNc1nc(OCCC)nc(SCC(C)CO)n1. The van der Waals surface area contributed by atoms with Gasteiger partial charge in [0.05, 0.1) is 6.61 Å². The average Bonchev–Trinajstić information content (AvgIpc) is 2.48. The molecule has 0 aliphatic carbocycles. The van der Waals surface area contributed by atoms with E-state index in [9.17, 15) is 0 Å². The number of aromatic nitrogens is 3. The van der Waals surface area contributed by atoms with E-state index < -0.39 is 0 Å². The monoisotopic (exact) mass is 300 g/mol. The van der Waals surface area contributed by atoms with Crippen LogP contribution in [0, 0.1) is 5.92 Å². The summed E-state index contributed by atoms with van der Waals surface area (Å²) in [6, 6.07) is 0.361. The number of aliphatic hydroxyl groups excluding tert-OH is 1. The third kappa shape index (κ3) is 6.38. The lowest BCUT2D eigenvalue weighted by molar-refractivity contribution is 0.250. The maximum absolute atomic E-state index is 9.05. The largest absolute Gasteiger partial charge is 0.463 e. The Morgan fingerprint density at radius 2 is 2.05 bits per heavy atom. The number of thioether (sulfide) groups is 1. The minimum Gasteiger partial charge on any atom is -0.463 e. The highest BCUT2D eigenvalue weighted by Gasteiger charge is 2.09. The Morgan fingerprint density at radius 1 is 1.25 bits per heavy atom. The van der Waals surface area contributed by atoms with E-state index in [1.165, 1.54) is 11.8 Å². The molecule has 1 aromatic rings. The Bertz CT molecular complexity index is 366. The van der Waals surface area contributed by atoms with Crippen molar-refractivity contribution < 1.29 is 9.84 Å². The molecular weight excluding hydrogens is 276 g/mol. The van der Waals surface area contributed by atoms with Gasteiger partial charge in [0.1, 0.15) is 0 Å². The van der Waals surface area contributed by atoms with Gasteiger partial charge in [-0.1, -0.05) is 32.5 Å². The smallest absolute Gasteiger partial charge is 0.322 e. The van der Waals surface area contributed by atoms with Crippen LogP contribution in [-0.2, 0) is 0 Å². The zero-order valence-electron chi connectivity index (χ0n) is 12.4. The first-order valence-electron chi connectivity index (χ1n) is 7.06. The summed E-state index contributed by atoms with van der Waals surface area (Å²) in [5.41, 5.74) is 0. The van der Waals surface area contributed by atoms with Crippen molar-refractivity contribution in [2.45, 2.75) is 38.8 Å². The number of aliphatic hydroxyl groups is 1. The van der Waals surface area contributed by atoms with E-state index in [1.54, 1.807) is 0 Å². The fourth-order valence-electron chi connectivity index (χ4n) is 1.25. The molecule has 0 fully saturated rings. The van der Waals surface area contributed by atoms with Crippen LogP contribution in [0.1, 0.15) is 33.6 Å². The van der Waals surface area contributed by atoms with Crippen molar-refractivity contribution in [3.05, 3.63) is 0 Å². The number of ether oxygens (including phenoxy) is 1. The Morgan fingerprint density at radius 3 is 2.70 bits per heavy atom. The van der Waals surface area contributed by atoms with Crippen LogP contribution in [0.5, 0.6) is 6.01 Å². The lowest BCUT2D eigenvalue weighted by atomic mass is 10.2. The molecule has 114 valence electrons. The highest BCUT2D eigenvalue weighted by atomic mass is 32.2. The summed E-state index contributed by atoms with van der Waals surface area (Å²) in [5.74, 6) is 1.52. The molecule has 2 N–H and O–H groups in total. The van der Waals surface area contributed by atoms with Gasteiger partial charge in [0.25, 0.3) is 0 Å². The quantitative estimate of drug-likeness (QED) is 0.641. The minimum atomic E-state index is 0.165. The highest BCUT2D eigenvalue weighted by molar-refractivity contribution is 7.99. The van der Waals surface area contributed by atoms with Gasteiger partial charge in [-0.2, -0.15) is 15.0 Å². The van der Waals surface area contributed by atoms with Crippen LogP contribution in [-0.4, -0.2) is 45.6 Å². The van der Waals surface area contributed by atoms with Crippen LogP contribution in [0.2, 0.25) is 0 Å². The van der Waals surface area contributed by atoms with Crippen molar-refractivity contribution in [1.29, 1.82) is 0 Å². The van der Waals surface area contributed by atoms with Crippen molar-refractivity contribution in [1.82, 2.24) is 15.0 Å². The molecule has 1 heterocycles. The van der Waals surface area contributed by atoms with E-state index in [0.29, 0.717) is 23.7 Å². The second-order valence-electron chi connectivity index (χ2n) is 4.60. The number of rotatable bonds is 10. The molecule has 1 unspecified atom stereocenters. The molecule has 0 amide bonds. The Kier molecular flexibility index (Phi) is 8.29. The molecule has 0 aromatic carbocycles. The third-order valence-corrected chi connectivity index (χ3v) is 3.55. The summed E-state index contributed by atoms with van der Waals surface area (Å²) < 4.78 is 5.48. The fourth-order valence-corrected chi connectivity index (χ4v) is 2.08. The van der Waals surface area contributed by atoms with Gasteiger partial charge in [-0.05, 0) is 18.8 Å². The van der Waals surface area contributed by atoms with Crippen LogP contribution in [0.25, 0.3) is 0 Å². The molecule has 0 saturated carbocycles. The number of nitrogens with zero attached hydrogens (tertiary/aromatic N) is 3. The number of anilines is 1. The highest BCUT2D eigenvalue weighted by Crippen LogP contribution is 2.20. The fraction of sp³-hybridized carbons (Fsp3) is 0.769. The predicted molar refractivity (Wildman–Crippen MR) is 81.4 cm³/mol. The van der Waals surface area contributed by atoms with Crippen LogP contribution in [0.3, 0.4) is 0 Å². The van der Waals surface area contributed by atoms with Crippen LogP contribution in [0.15, 0.2) is 5.16 Å². The van der Waals surface area contributed by atoms with Crippen LogP contribution >= 0.6 is 11.8 Å². The molecule has 0 aliphatic rings. The second-order valence-corrected chi connectivity index (χ2v) is 5.59. The van der Waals surface area contributed by atoms with Crippen molar-refractivity contribution in [2.75, 3.05) is 30.8 Å². The van der Waals surface area contributed by atoms with Gasteiger partial charge in [-0.3, -0.25) is 0 Å². The first kappa shape index (κ1) is 17.0. The Balaban J connectivity index is 2.73. The van der Waals surface area contributed by atoms with Gasteiger partial charge >= 0.3 is 6.01 Å². The molecule has 1 rings (SSSR count). The van der Waals surface area contributed by atoms with Crippen molar-refractivity contribution in [2.24, 2.45) is 5.92 Å². The molecule has 0 saturated heterocycles. The molecule has 1 atom stereocenters. The Labute approximate surface area is 124 Å². The van der Waals surface area contributed by atoms with Gasteiger partial charge in [0.2, 0.25) is 5.95 Å². The summed E-state index contributed by atoms with van der Waals surface area (Å²) in [4.78, 5) is 12.9. The summed E-state index contributed by atoms with van der Waals surface area (Å²) in [6.07, 6.45) is 1.91. The second kappa shape index (κ2) is 9.77. The molecular formula is C13H24N4O2S. The first-order valence-corrected chi connectivity index (χ1v) is 8.04. The summed E-state index contributed by atoms with van der Waals surface area (Å²) in [7, 11) is 0. The van der Waals surface area contributed by atoms with Crippen molar-refractivity contribution >= 4 is 17.7 Å². The molecule has 20 heavy (non-hydrogen) atoms. The predicted octanol–water partition coefficient (Wildman–Crippen LogP) is 2.20. The summed E-state index contributed by atoms with van der Waals surface area (Å²) >= 11 is 1.51. The minimum absolute atomic E-state index is 0.165. The van der Waals surface area contributed by atoms with E-state index in [4.69, 9.17) is 9.84 Å². The zero-order valence-corrected chi connectivity index (χ0v) is 13.2. The van der Waals surface area contributed by atoms with E-state index in [2.05, 4.69) is 27.2 Å².